The highest BCUT2D eigenvalue weighted by molar-refractivity contribution is 6.32. The minimum atomic E-state index is -0.488. The molecule has 0 spiro atoms. The third kappa shape index (κ3) is 4.07. The van der Waals surface area contributed by atoms with E-state index in [1.807, 2.05) is 0 Å². The Balaban J connectivity index is 1.80. The average molecular weight is 401 g/mol. The molecule has 8 nitrogen and oxygen atoms in total. The molecule has 2 N–H and O–H groups in total. The molecule has 1 heterocycles. The third-order valence-electron chi connectivity index (χ3n) is 3.84. The lowest BCUT2D eigenvalue weighted by atomic mass is 10.2. The lowest BCUT2D eigenvalue weighted by molar-refractivity contribution is 0.373. The number of phenolic OH excluding ortho intramolecular Hbond substituents is 1. The largest absolute Gasteiger partial charge is 0.504 e. The Bertz CT molecular complexity index is 1060. The number of aromatic nitrogens is 2. The second-order valence-electron chi connectivity index (χ2n) is 5.59. The first kappa shape index (κ1) is 19.2. The van der Waals surface area contributed by atoms with Gasteiger partial charge in [0.2, 0.25) is 0 Å². The normalized spacial score (nSPS) is 10.8. The Kier molecular flexibility index (Phi) is 5.81. The van der Waals surface area contributed by atoms with Gasteiger partial charge in [0.1, 0.15) is 16.5 Å². The van der Waals surface area contributed by atoms with E-state index in [1.54, 1.807) is 43.5 Å². The van der Waals surface area contributed by atoms with Gasteiger partial charge in [0, 0.05) is 0 Å². The van der Waals surface area contributed by atoms with Gasteiger partial charge in [-0.25, -0.2) is 0 Å². The van der Waals surface area contributed by atoms with Gasteiger partial charge >= 0.3 is 0 Å². The van der Waals surface area contributed by atoms with Crippen molar-refractivity contribution in [1.82, 2.24) is 9.78 Å². The summed E-state index contributed by atoms with van der Waals surface area (Å²) in [5.41, 5.74) is 3.70. The van der Waals surface area contributed by atoms with Crippen LogP contribution in [0.4, 0.5) is 5.69 Å². The van der Waals surface area contributed by atoms with Crippen LogP contribution in [0.5, 0.6) is 17.2 Å². The number of phenols is 1. The predicted molar refractivity (Wildman–Crippen MR) is 107 cm³/mol. The van der Waals surface area contributed by atoms with E-state index in [1.165, 1.54) is 30.3 Å². The summed E-state index contributed by atoms with van der Waals surface area (Å²) in [6.45, 7) is 0. The minimum Gasteiger partial charge on any atom is -0.504 e. The molecule has 0 aliphatic carbocycles. The zero-order valence-electron chi connectivity index (χ0n) is 15.1. The highest BCUT2D eigenvalue weighted by atomic mass is 35.5. The van der Waals surface area contributed by atoms with Gasteiger partial charge in [-0.3, -0.25) is 10.2 Å². The van der Waals surface area contributed by atoms with Crippen molar-refractivity contribution in [2.75, 3.05) is 19.6 Å². The van der Waals surface area contributed by atoms with E-state index < -0.39 is 5.56 Å². The van der Waals surface area contributed by atoms with Gasteiger partial charge in [-0.1, -0.05) is 11.6 Å². The van der Waals surface area contributed by atoms with Gasteiger partial charge < -0.3 is 14.6 Å². The summed E-state index contributed by atoms with van der Waals surface area (Å²) in [6.07, 6.45) is 2.90. The number of rotatable bonds is 6. The monoisotopic (exact) mass is 400 g/mol. The molecule has 0 atom stereocenters. The van der Waals surface area contributed by atoms with Gasteiger partial charge in [-0.2, -0.15) is 14.9 Å². The van der Waals surface area contributed by atoms with Crippen LogP contribution in [0.2, 0.25) is 5.02 Å². The first-order valence-electron chi connectivity index (χ1n) is 8.12. The van der Waals surface area contributed by atoms with Crippen LogP contribution in [0.3, 0.4) is 0 Å². The molecule has 3 rings (SSSR count). The van der Waals surface area contributed by atoms with E-state index in [-0.39, 0.29) is 16.5 Å². The van der Waals surface area contributed by atoms with E-state index in [0.717, 1.165) is 0 Å². The maximum absolute atomic E-state index is 12.5. The lowest BCUT2D eigenvalue weighted by Gasteiger charge is -2.08. The highest BCUT2D eigenvalue weighted by Gasteiger charge is 2.10. The standard InChI is InChI=1S/C19H17ClN4O4/c1-27-14-6-4-13(5-7-14)24-19(26)18(20)15(11-22-24)23-21-10-12-3-8-16(25)17(9-12)28-2/h3-11,23,25H,1-2H3/b21-10-. The van der Waals surface area contributed by atoms with Crippen molar-refractivity contribution in [3.05, 3.63) is 69.6 Å². The molecule has 0 radical (unpaired) electrons. The number of hydrazone groups is 1. The Hall–Kier alpha value is -3.52. The maximum Gasteiger partial charge on any atom is 0.292 e. The van der Waals surface area contributed by atoms with Crippen molar-refractivity contribution in [1.29, 1.82) is 0 Å². The molecule has 1 aromatic heterocycles. The van der Waals surface area contributed by atoms with Crippen molar-refractivity contribution >= 4 is 23.5 Å². The van der Waals surface area contributed by atoms with E-state index in [4.69, 9.17) is 21.1 Å². The first-order chi connectivity index (χ1) is 13.5. The molecule has 144 valence electrons. The smallest absolute Gasteiger partial charge is 0.292 e. The van der Waals surface area contributed by atoms with Crippen LogP contribution in [0.15, 0.2) is 58.6 Å². The lowest BCUT2D eigenvalue weighted by Crippen LogP contribution is -2.22. The fourth-order valence-corrected chi connectivity index (χ4v) is 2.54. The fraction of sp³-hybridized carbons (Fsp3) is 0.105. The topological polar surface area (TPSA) is 98.0 Å². The van der Waals surface area contributed by atoms with E-state index >= 15 is 0 Å². The van der Waals surface area contributed by atoms with Crippen LogP contribution in [-0.2, 0) is 0 Å². The van der Waals surface area contributed by atoms with E-state index in [2.05, 4.69) is 15.6 Å². The number of hydrogen-bond donors (Lipinski definition) is 2. The first-order valence-corrected chi connectivity index (χ1v) is 8.49. The Morgan fingerprint density at radius 2 is 1.93 bits per heavy atom. The van der Waals surface area contributed by atoms with Gasteiger partial charge in [0.15, 0.2) is 11.5 Å². The average Bonchev–Trinajstić information content (AvgIpc) is 2.72. The van der Waals surface area contributed by atoms with E-state index in [9.17, 15) is 9.90 Å². The quantitative estimate of drug-likeness (QED) is 0.487. The Labute approximate surface area is 165 Å². The Morgan fingerprint density at radius 1 is 1.18 bits per heavy atom. The Morgan fingerprint density at radius 3 is 2.61 bits per heavy atom. The van der Waals surface area contributed by atoms with Crippen molar-refractivity contribution in [2.24, 2.45) is 5.10 Å². The molecule has 0 saturated heterocycles. The maximum atomic E-state index is 12.5. The number of benzene rings is 2. The SMILES string of the molecule is COc1ccc(-n2ncc(N/N=C\c3ccc(O)c(OC)c3)c(Cl)c2=O)cc1. The number of methoxy groups -OCH3 is 2. The van der Waals surface area contributed by atoms with Crippen molar-refractivity contribution in [3.63, 3.8) is 0 Å². The summed E-state index contributed by atoms with van der Waals surface area (Å²) < 4.78 is 11.3. The molecular formula is C19H17ClN4O4. The molecule has 0 aliphatic rings. The molecule has 3 aromatic rings. The summed E-state index contributed by atoms with van der Waals surface area (Å²) in [7, 11) is 3.02. The third-order valence-corrected chi connectivity index (χ3v) is 4.20. The van der Waals surface area contributed by atoms with Crippen molar-refractivity contribution < 1.29 is 14.6 Å². The molecule has 0 aliphatic heterocycles. The summed E-state index contributed by atoms with van der Waals surface area (Å²) in [5.74, 6) is 1.02. The number of nitrogens with one attached hydrogen (secondary N) is 1. The number of ether oxygens (including phenoxy) is 2. The van der Waals surface area contributed by atoms with Gasteiger partial charge in [-0.05, 0) is 48.0 Å². The highest BCUT2D eigenvalue weighted by Crippen LogP contribution is 2.25. The second-order valence-corrected chi connectivity index (χ2v) is 5.97. The van der Waals surface area contributed by atoms with Crippen LogP contribution in [0, 0.1) is 0 Å². The van der Waals surface area contributed by atoms with Crippen molar-refractivity contribution in [3.8, 4) is 22.9 Å². The summed E-state index contributed by atoms with van der Waals surface area (Å²) >= 11 is 6.17. The van der Waals surface area contributed by atoms with Gasteiger partial charge in [-0.15, -0.1) is 0 Å². The van der Waals surface area contributed by atoms with Crippen LogP contribution in [0.25, 0.3) is 5.69 Å². The summed E-state index contributed by atoms with van der Waals surface area (Å²) in [6, 6.07) is 11.6. The zero-order valence-corrected chi connectivity index (χ0v) is 15.8. The second kappa shape index (κ2) is 8.45. The molecule has 28 heavy (non-hydrogen) atoms. The van der Waals surface area contributed by atoms with Crippen LogP contribution < -0.4 is 20.5 Å². The minimum absolute atomic E-state index is 0.0296. The molecular weight excluding hydrogens is 384 g/mol. The zero-order chi connectivity index (χ0) is 20.1. The molecule has 0 saturated carbocycles. The van der Waals surface area contributed by atoms with Crippen LogP contribution >= 0.6 is 11.6 Å². The molecule has 0 bridgehead atoms. The van der Waals surface area contributed by atoms with Crippen LogP contribution in [0.1, 0.15) is 5.56 Å². The molecule has 0 unspecified atom stereocenters. The number of aromatic hydroxyl groups is 1. The predicted octanol–water partition coefficient (Wildman–Crippen LogP) is 3.05. The van der Waals surface area contributed by atoms with Gasteiger partial charge in [0.05, 0.1) is 32.3 Å². The molecule has 0 amide bonds. The number of anilines is 1. The van der Waals surface area contributed by atoms with Crippen molar-refractivity contribution in [2.45, 2.75) is 0 Å². The van der Waals surface area contributed by atoms with E-state index in [0.29, 0.717) is 22.7 Å². The molecule has 9 heteroatoms. The van der Waals surface area contributed by atoms with Crippen LogP contribution in [-0.4, -0.2) is 35.3 Å². The van der Waals surface area contributed by atoms with Gasteiger partial charge in [0.25, 0.3) is 5.56 Å². The number of halogens is 1. The molecule has 0 fully saturated rings. The summed E-state index contributed by atoms with van der Waals surface area (Å²) in [4.78, 5) is 12.5. The number of hydrogen-bond acceptors (Lipinski definition) is 7. The summed E-state index contributed by atoms with van der Waals surface area (Å²) in [5, 5.41) is 17.7. The number of nitrogens with zero attached hydrogens (tertiary/aromatic N) is 3. The fourth-order valence-electron chi connectivity index (χ4n) is 2.37. The molecule has 2 aromatic carbocycles.